The lowest BCUT2D eigenvalue weighted by molar-refractivity contribution is -0.159. The average Bonchev–Trinajstić information content (AvgIpc) is 3.22. The molecule has 4 aromatic rings. The normalized spacial score (nSPS) is 12.0. The molecule has 27 heavy (non-hydrogen) atoms. The smallest absolute Gasteiger partial charge is 0.329 e. The number of benzene rings is 1. The molecule has 138 valence electrons. The number of hydrogen-bond acceptors (Lipinski definition) is 5. The second-order valence-electron chi connectivity index (χ2n) is 6.20. The number of nitrogens with zero attached hydrogens (tertiary/aromatic N) is 5. The molecule has 3 heterocycles. The van der Waals surface area contributed by atoms with Crippen molar-refractivity contribution >= 4 is 11.0 Å². The van der Waals surface area contributed by atoms with Gasteiger partial charge in [-0.25, -0.2) is 4.98 Å². The van der Waals surface area contributed by atoms with Crippen LogP contribution in [0.1, 0.15) is 23.0 Å². The van der Waals surface area contributed by atoms with E-state index in [1.54, 1.807) is 12.1 Å². The highest BCUT2D eigenvalue weighted by Gasteiger charge is 2.38. The summed E-state index contributed by atoms with van der Waals surface area (Å²) in [6.45, 7) is 4.42. The molecule has 0 saturated heterocycles. The molecule has 0 fully saturated rings. The minimum Gasteiger partial charge on any atom is -0.329 e. The quantitative estimate of drug-likeness (QED) is 0.539. The van der Waals surface area contributed by atoms with Gasteiger partial charge in [0.15, 0.2) is 0 Å². The summed E-state index contributed by atoms with van der Waals surface area (Å²) in [7, 11) is 0. The number of aryl methyl sites for hydroxylation is 2. The highest BCUT2D eigenvalue weighted by Crippen LogP contribution is 2.29. The van der Waals surface area contributed by atoms with E-state index < -0.39 is 12.1 Å². The van der Waals surface area contributed by atoms with Crippen LogP contribution in [0.2, 0.25) is 0 Å². The van der Waals surface area contributed by atoms with E-state index in [0.29, 0.717) is 12.1 Å². The summed E-state index contributed by atoms with van der Waals surface area (Å²) in [6.07, 6.45) is -3.24. The fraction of sp³-hybridized carbons (Fsp3) is 0.222. The number of imidazole rings is 1. The summed E-state index contributed by atoms with van der Waals surface area (Å²) in [5, 5.41) is 3.36. The van der Waals surface area contributed by atoms with E-state index in [1.807, 2.05) is 30.5 Å². The van der Waals surface area contributed by atoms with Gasteiger partial charge in [0.2, 0.25) is 5.82 Å². The zero-order chi connectivity index (χ0) is 19.2. The van der Waals surface area contributed by atoms with Gasteiger partial charge in [0, 0.05) is 11.8 Å². The molecule has 9 heteroatoms. The monoisotopic (exact) mass is 373 g/mol. The second kappa shape index (κ2) is 6.19. The molecule has 0 aliphatic rings. The lowest BCUT2D eigenvalue weighted by Gasteiger charge is -2.07. The standard InChI is InChI=1S/C18H14F3N5O/c1-10-3-6-14-15(7-10)26(11(2)23-14)9-13-5-4-12(8-22-13)16-24-17(27-25-16)18(19,20)21/h3-8H,9H2,1-2H3. The summed E-state index contributed by atoms with van der Waals surface area (Å²) in [5.41, 5.74) is 4.13. The third kappa shape index (κ3) is 3.27. The highest BCUT2D eigenvalue weighted by atomic mass is 19.4. The van der Waals surface area contributed by atoms with Crippen molar-refractivity contribution in [2.75, 3.05) is 0 Å². The van der Waals surface area contributed by atoms with Gasteiger partial charge in [0.25, 0.3) is 0 Å². The van der Waals surface area contributed by atoms with E-state index >= 15 is 0 Å². The van der Waals surface area contributed by atoms with Crippen molar-refractivity contribution < 1.29 is 17.7 Å². The first-order valence-electron chi connectivity index (χ1n) is 8.11. The fourth-order valence-corrected chi connectivity index (χ4v) is 2.82. The Morgan fingerprint density at radius 3 is 2.56 bits per heavy atom. The lowest BCUT2D eigenvalue weighted by atomic mass is 10.2. The number of rotatable bonds is 3. The Kier molecular flexibility index (Phi) is 3.94. The number of hydrogen-bond donors (Lipinski definition) is 0. The molecular formula is C18H14F3N5O. The van der Waals surface area contributed by atoms with Crippen molar-refractivity contribution in [3.8, 4) is 11.4 Å². The van der Waals surface area contributed by atoms with Crippen molar-refractivity contribution in [1.82, 2.24) is 24.7 Å². The number of aromatic nitrogens is 5. The largest absolute Gasteiger partial charge is 0.471 e. The molecule has 0 aliphatic heterocycles. The number of pyridine rings is 1. The zero-order valence-corrected chi connectivity index (χ0v) is 14.4. The molecule has 3 aromatic heterocycles. The molecule has 0 aliphatic carbocycles. The zero-order valence-electron chi connectivity index (χ0n) is 14.4. The van der Waals surface area contributed by atoms with E-state index in [-0.39, 0.29) is 5.82 Å². The van der Waals surface area contributed by atoms with Crippen LogP contribution < -0.4 is 0 Å². The lowest BCUT2D eigenvalue weighted by Crippen LogP contribution is -2.05. The Morgan fingerprint density at radius 1 is 1.07 bits per heavy atom. The summed E-state index contributed by atoms with van der Waals surface area (Å²) in [4.78, 5) is 12.2. The summed E-state index contributed by atoms with van der Waals surface area (Å²) < 4.78 is 44.0. The van der Waals surface area contributed by atoms with Crippen LogP contribution >= 0.6 is 0 Å². The van der Waals surface area contributed by atoms with Crippen LogP contribution in [0.4, 0.5) is 13.2 Å². The Hall–Kier alpha value is -3.23. The van der Waals surface area contributed by atoms with Gasteiger partial charge in [-0.3, -0.25) is 4.98 Å². The van der Waals surface area contributed by atoms with Crippen LogP contribution in [0, 0.1) is 13.8 Å². The average molecular weight is 373 g/mol. The van der Waals surface area contributed by atoms with Gasteiger partial charge in [-0.1, -0.05) is 11.2 Å². The third-order valence-electron chi connectivity index (χ3n) is 4.17. The van der Waals surface area contributed by atoms with Crippen molar-refractivity contribution in [1.29, 1.82) is 0 Å². The molecule has 6 nitrogen and oxygen atoms in total. The van der Waals surface area contributed by atoms with Gasteiger partial charge in [-0.15, -0.1) is 0 Å². The minimum atomic E-state index is -4.67. The molecule has 0 unspecified atom stereocenters. The maximum Gasteiger partial charge on any atom is 0.471 e. The molecule has 0 saturated carbocycles. The molecule has 1 aromatic carbocycles. The third-order valence-corrected chi connectivity index (χ3v) is 4.17. The summed E-state index contributed by atoms with van der Waals surface area (Å²) >= 11 is 0. The number of halogens is 3. The predicted molar refractivity (Wildman–Crippen MR) is 90.8 cm³/mol. The molecule has 0 amide bonds. The van der Waals surface area contributed by atoms with Crippen LogP contribution in [-0.2, 0) is 12.7 Å². The Labute approximate surface area is 151 Å². The highest BCUT2D eigenvalue weighted by molar-refractivity contribution is 5.77. The SMILES string of the molecule is Cc1ccc2nc(C)n(Cc3ccc(-c4noc(C(F)(F)F)n4)cn3)c2c1. The maximum atomic E-state index is 12.6. The molecule has 0 N–H and O–H groups in total. The van der Waals surface area contributed by atoms with Gasteiger partial charge in [-0.05, 0) is 43.7 Å². The van der Waals surface area contributed by atoms with Crippen molar-refractivity contribution in [3.63, 3.8) is 0 Å². The first-order valence-corrected chi connectivity index (χ1v) is 8.11. The first-order chi connectivity index (χ1) is 12.8. The Morgan fingerprint density at radius 2 is 1.89 bits per heavy atom. The maximum absolute atomic E-state index is 12.6. The number of alkyl halides is 3. The van der Waals surface area contributed by atoms with Gasteiger partial charge < -0.3 is 9.09 Å². The second-order valence-corrected chi connectivity index (χ2v) is 6.20. The summed E-state index contributed by atoms with van der Waals surface area (Å²) in [6, 6.07) is 9.38. The summed E-state index contributed by atoms with van der Waals surface area (Å²) in [5.74, 6) is -0.673. The van der Waals surface area contributed by atoms with Gasteiger partial charge in [0.1, 0.15) is 5.82 Å². The van der Waals surface area contributed by atoms with Crippen LogP contribution in [-0.4, -0.2) is 24.7 Å². The Bertz CT molecular complexity index is 1110. The molecule has 0 bridgehead atoms. The molecule has 0 radical (unpaired) electrons. The van der Waals surface area contributed by atoms with Gasteiger partial charge in [-0.2, -0.15) is 18.2 Å². The van der Waals surface area contributed by atoms with Gasteiger partial charge >= 0.3 is 12.1 Å². The molecule has 4 rings (SSSR count). The predicted octanol–water partition coefficient (Wildman–Crippen LogP) is 4.17. The molecule has 0 atom stereocenters. The molecule has 0 spiro atoms. The van der Waals surface area contributed by atoms with Gasteiger partial charge in [0.05, 0.1) is 23.3 Å². The Balaban J connectivity index is 1.61. The van der Waals surface area contributed by atoms with E-state index in [0.717, 1.165) is 28.1 Å². The van der Waals surface area contributed by atoms with Crippen molar-refractivity contribution in [3.05, 3.63) is 59.5 Å². The van der Waals surface area contributed by atoms with Crippen LogP contribution in [0.15, 0.2) is 41.1 Å². The molecular weight excluding hydrogens is 359 g/mol. The van der Waals surface area contributed by atoms with E-state index in [2.05, 4.69) is 30.7 Å². The topological polar surface area (TPSA) is 69.6 Å². The van der Waals surface area contributed by atoms with E-state index in [9.17, 15) is 13.2 Å². The van der Waals surface area contributed by atoms with E-state index in [1.165, 1.54) is 6.20 Å². The minimum absolute atomic E-state index is 0.152. The van der Waals surface area contributed by atoms with Crippen LogP contribution in [0.3, 0.4) is 0 Å². The fourth-order valence-electron chi connectivity index (χ4n) is 2.82. The number of fused-ring (bicyclic) bond motifs is 1. The first kappa shape index (κ1) is 17.2. The van der Waals surface area contributed by atoms with E-state index in [4.69, 9.17) is 0 Å². The van der Waals surface area contributed by atoms with Crippen molar-refractivity contribution in [2.24, 2.45) is 0 Å². The van der Waals surface area contributed by atoms with Crippen molar-refractivity contribution in [2.45, 2.75) is 26.6 Å². The van der Waals surface area contributed by atoms with Crippen LogP contribution in [0.5, 0.6) is 0 Å². The van der Waals surface area contributed by atoms with Crippen LogP contribution in [0.25, 0.3) is 22.4 Å².